The highest BCUT2D eigenvalue weighted by molar-refractivity contribution is 7.07. The van der Waals surface area contributed by atoms with Crippen LogP contribution in [-0.2, 0) is 9.53 Å². The van der Waals surface area contributed by atoms with E-state index in [-0.39, 0.29) is 17.7 Å². The first-order valence-corrected chi connectivity index (χ1v) is 13.5. The Bertz CT molecular complexity index is 1590. The summed E-state index contributed by atoms with van der Waals surface area (Å²) in [5.74, 6) is 1.59. The molecule has 1 aromatic heterocycles. The molecule has 4 rings (SSSR count). The van der Waals surface area contributed by atoms with E-state index in [1.807, 2.05) is 38.1 Å². The van der Waals surface area contributed by atoms with Crippen LogP contribution < -0.4 is 33.8 Å². The van der Waals surface area contributed by atoms with Gasteiger partial charge in [-0.25, -0.2) is 9.79 Å². The number of fused-ring (bicyclic) bond motifs is 1. The summed E-state index contributed by atoms with van der Waals surface area (Å²) in [7, 11) is 3.12. The van der Waals surface area contributed by atoms with E-state index in [0.717, 1.165) is 5.56 Å². The van der Waals surface area contributed by atoms with Crippen LogP contribution in [0, 0.1) is 0 Å². The predicted octanol–water partition coefficient (Wildman–Crippen LogP) is 3.61. The van der Waals surface area contributed by atoms with Crippen LogP contribution in [0.15, 0.2) is 57.5 Å². The Labute approximate surface area is 230 Å². The molecule has 1 atom stereocenters. The van der Waals surface area contributed by atoms with E-state index < -0.39 is 12.0 Å². The van der Waals surface area contributed by atoms with Gasteiger partial charge in [-0.05, 0) is 57.5 Å². The monoisotopic (exact) mass is 552 g/mol. The van der Waals surface area contributed by atoms with Gasteiger partial charge in [-0.1, -0.05) is 29.5 Å². The first-order chi connectivity index (χ1) is 18.9. The Balaban J connectivity index is 1.97. The average molecular weight is 553 g/mol. The van der Waals surface area contributed by atoms with Gasteiger partial charge in [0.05, 0.1) is 49.8 Å². The molecule has 0 spiro atoms. The van der Waals surface area contributed by atoms with Crippen molar-refractivity contribution in [2.24, 2.45) is 4.99 Å². The van der Waals surface area contributed by atoms with Crippen LogP contribution >= 0.6 is 11.3 Å². The molecule has 10 heteroatoms. The van der Waals surface area contributed by atoms with Gasteiger partial charge in [-0.3, -0.25) is 9.36 Å². The highest BCUT2D eigenvalue weighted by Crippen LogP contribution is 2.40. The second-order valence-corrected chi connectivity index (χ2v) is 9.47. The summed E-state index contributed by atoms with van der Waals surface area (Å²) >= 11 is 1.24. The van der Waals surface area contributed by atoms with E-state index in [0.29, 0.717) is 56.8 Å². The number of ether oxygens (including phenoxy) is 5. The van der Waals surface area contributed by atoms with Crippen molar-refractivity contribution in [1.29, 1.82) is 0 Å². The van der Waals surface area contributed by atoms with Gasteiger partial charge in [0, 0.05) is 5.56 Å². The lowest BCUT2D eigenvalue weighted by Crippen LogP contribution is -2.40. The minimum absolute atomic E-state index is 0.183. The van der Waals surface area contributed by atoms with Gasteiger partial charge in [0.25, 0.3) is 5.56 Å². The van der Waals surface area contributed by atoms with Crippen molar-refractivity contribution in [3.63, 3.8) is 0 Å². The molecule has 0 saturated carbocycles. The second-order valence-electron chi connectivity index (χ2n) is 8.46. The maximum absolute atomic E-state index is 14.0. The molecule has 9 nitrogen and oxygen atoms in total. The first-order valence-electron chi connectivity index (χ1n) is 12.7. The topological polar surface area (TPSA) is 97.6 Å². The molecular formula is C29H32N2O7S. The molecule has 0 bridgehead atoms. The minimum atomic E-state index is -0.825. The molecule has 3 aromatic rings. The number of methoxy groups -OCH3 is 2. The Morgan fingerprint density at radius 2 is 1.74 bits per heavy atom. The Morgan fingerprint density at radius 3 is 2.41 bits per heavy atom. The van der Waals surface area contributed by atoms with E-state index in [4.69, 9.17) is 23.7 Å². The van der Waals surface area contributed by atoms with Crippen LogP contribution in [-0.4, -0.2) is 44.6 Å². The number of benzene rings is 2. The molecule has 0 amide bonds. The van der Waals surface area contributed by atoms with Crippen LogP contribution in [0.1, 0.15) is 44.9 Å². The van der Waals surface area contributed by atoms with Crippen LogP contribution in [0.5, 0.6) is 23.0 Å². The number of para-hydroxylation sites is 1. The Kier molecular flexibility index (Phi) is 8.75. The summed E-state index contributed by atoms with van der Waals surface area (Å²) in [4.78, 5) is 32.3. The summed E-state index contributed by atoms with van der Waals surface area (Å²) in [5.41, 5.74) is 1.81. The summed E-state index contributed by atoms with van der Waals surface area (Å²) in [5, 5.41) is 0. The number of nitrogens with zero attached hydrogens (tertiary/aromatic N) is 2. The van der Waals surface area contributed by atoms with E-state index in [9.17, 15) is 9.59 Å². The molecule has 0 saturated heterocycles. The Hall–Kier alpha value is -4.05. The van der Waals surface area contributed by atoms with Gasteiger partial charge >= 0.3 is 5.97 Å². The predicted molar refractivity (Wildman–Crippen MR) is 149 cm³/mol. The van der Waals surface area contributed by atoms with E-state index in [1.165, 1.54) is 15.9 Å². The second kappa shape index (κ2) is 12.2. The van der Waals surface area contributed by atoms with E-state index >= 15 is 0 Å². The molecule has 0 unspecified atom stereocenters. The molecule has 39 heavy (non-hydrogen) atoms. The normalized spacial score (nSPS) is 14.9. The van der Waals surface area contributed by atoms with Crippen molar-refractivity contribution in [3.8, 4) is 23.0 Å². The largest absolute Gasteiger partial charge is 0.493 e. The third-order valence-corrected chi connectivity index (χ3v) is 7.10. The zero-order chi connectivity index (χ0) is 28.1. The fourth-order valence-corrected chi connectivity index (χ4v) is 5.54. The smallest absolute Gasteiger partial charge is 0.338 e. The van der Waals surface area contributed by atoms with Gasteiger partial charge in [-0.15, -0.1) is 0 Å². The highest BCUT2D eigenvalue weighted by Gasteiger charge is 2.36. The minimum Gasteiger partial charge on any atom is -0.493 e. The highest BCUT2D eigenvalue weighted by atomic mass is 32.1. The third kappa shape index (κ3) is 5.42. The first kappa shape index (κ1) is 28.0. The van der Waals surface area contributed by atoms with Crippen molar-refractivity contribution in [2.75, 3.05) is 34.0 Å². The van der Waals surface area contributed by atoms with Crippen molar-refractivity contribution >= 4 is 23.4 Å². The standard InChI is InChI=1S/C29H32N2O7S/c1-7-36-20-14-13-18(15-22(20)35-6)16-23-27(32)31-25(19-11-10-12-21(34-5)26(19)37-8-2)24(28(33)38-9-3)17(4)30-29(31)39-23/h10-16,25H,7-9H2,1-6H3/b23-16+/t25-/m0/s1. The molecule has 1 aliphatic rings. The number of aromatic nitrogens is 1. The lowest BCUT2D eigenvalue weighted by Gasteiger charge is -2.26. The van der Waals surface area contributed by atoms with Crippen molar-refractivity contribution in [1.82, 2.24) is 4.57 Å². The molecule has 2 heterocycles. The van der Waals surface area contributed by atoms with Gasteiger partial charge in [-0.2, -0.15) is 0 Å². The van der Waals surface area contributed by atoms with Gasteiger partial charge in [0.1, 0.15) is 6.04 Å². The molecule has 206 valence electrons. The van der Waals surface area contributed by atoms with Gasteiger partial charge in [0.15, 0.2) is 27.8 Å². The fourth-order valence-electron chi connectivity index (χ4n) is 4.49. The number of thiazole rings is 1. The lowest BCUT2D eigenvalue weighted by atomic mass is 9.94. The van der Waals surface area contributed by atoms with Crippen LogP contribution in [0.25, 0.3) is 6.08 Å². The number of hydrogen-bond donors (Lipinski definition) is 0. The zero-order valence-corrected chi connectivity index (χ0v) is 23.7. The van der Waals surface area contributed by atoms with Gasteiger partial charge < -0.3 is 23.7 Å². The molecule has 1 aliphatic heterocycles. The van der Waals surface area contributed by atoms with Crippen molar-refractivity contribution < 1.29 is 28.5 Å². The average Bonchev–Trinajstić information content (AvgIpc) is 3.23. The summed E-state index contributed by atoms with van der Waals surface area (Å²) < 4.78 is 30.0. The number of hydrogen-bond acceptors (Lipinski definition) is 9. The number of allylic oxidation sites excluding steroid dienone is 1. The molecule has 0 fully saturated rings. The maximum atomic E-state index is 14.0. The van der Waals surface area contributed by atoms with Crippen LogP contribution in [0.2, 0.25) is 0 Å². The molecular weight excluding hydrogens is 520 g/mol. The van der Waals surface area contributed by atoms with E-state index in [2.05, 4.69) is 4.99 Å². The third-order valence-electron chi connectivity index (χ3n) is 6.11. The summed E-state index contributed by atoms with van der Waals surface area (Å²) in [6.45, 7) is 8.30. The van der Waals surface area contributed by atoms with Crippen LogP contribution in [0.4, 0.5) is 0 Å². The van der Waals surface area contributed by atoms with E-state index in [1.54, 1.807) is 46.3 Å². The van der Waals surface area contributed by atoms with Crippen molar-refractivity contribution in [2.45, 2.75) is 33.7 Å². The lowest BCUT2D eigenvalue weighted by molar-refractivity contribution is -0.139. The quantitative estimate of drug-likeness (QED) is 0.355. The molecule has 0 radical (unpaired) electrons. The maximum Gasteiger partial charge on any atom is 0.338 e. The number of carbonyl (C=O) groups is 1. The number of carbonyl (C=O) groups excluding carboxylic acids is 1. The van der Waals surface area contributed by atoms with Crippen molar-refractivity contribution in [3.05, 3.63) is 78.5 Å². The Morgan fingerprint density at radius 1 is 1.00 bits per heavy atom. The SMILES string of the molecule is CCOC(=O)C1=C(C)N=c2s/c(=C/c3ccc(OCC)c(OC)c3)c(=O)n2[C@H]1c1cccc(OC)c1OCC. The summed E-state index contributed by atoms with van der Waals surface area (Å²) in [6.07, 6.45) is 1.78. The van der Waals surface area contributed by atoms with Crippen LogP contribution in [0.3, 0.4) is 0 Å². The number of esters is 1. The fraction of sp³-hybridized carbons (Fsp3) is 0.345. The molecule has 0 N–H and O–H groups in total. The number of rotatable bonds is 10. The molecule has 2 aromatic carbocycles. The summed E-state index contributed by atoms with van der Waals surface area (Å²) in [6, 6.07) is 10.1. The van der Waals surface area contributed by atoms with Gasteiger partial charge in [0.2, 0.25) is 0 Å². The zero-order valence-electron chi connectivity index (χ0n) is 22.9. The molecule has 0 aliphatic carbocycles.